The van der Waals surface area contributed by atoms with Crippen LogP contribution in [0.3, 0.4) is 0 Å². The van der Waals surface area contributed by atoms with Gasteiger partial charge in [0, 0.05) is 32.7 Å². The smallest absolute Gasteiger partial charge is 0.243 e. The van der Waals surface area contributed by atoms with Gasteiger partial charge in [0.1, 0.15) is 5.75 Å². The summed E-state index contributed by atoms with van der Waals surface area (Å²) in [6.07, 6.45) is 0.958. The number of nitrogens with one attached hydrogen (secondary N) is 1. The third-order valence-electron chi connectivity index (χ3n) is 4.44. The minimum absolute atomic E-state index is 0.00267. The summed E-state index contributed by atoms with van der Waals surface area (Å²) in [5.74, 6) is 1.18. The van der Waals surface area contributed by atoms with Gasteiger partial charge in [0.2, 0.25) is 15.9 Å². The van der Waals surface area contributed by atoms with E-state index in [1.165, 1.54) is 4.31 Å². The van der Waals surface area contributed by atoms with Crippen molar-refractivity contribution in [1.29, 1.82) is 0 Å². The first-order valence-corrected chi connectivity index (χ1v) is 10.4. The van der Waals surface area contributed by atoms with Crippen molar-refractivity contribution in [2.75, 3.05) is 46.4 Å². The minimum atomic E-state index is -3.51. The number of hydrogen-bond acceptors (Lipinski definition) is 5. The fourth-order valence-electron chi connectivity index (χ4n) is 2.78. The zero-order valence-corrected chi connectivity index (χ0v) is 16.6. The lowest BCUT2D eigenvalue weighted by atomic mass is 10.1. The molecule has 8 heteroatoms. The van der Waals surface area contributed by atoms with Gasteiger partial charge in [-0.15, -0.1) is 0 Å². The molecule has 1 amide bonds. The predicted molar refractivity (Wildman–Crippen MR) is 101 cm³/mol. The molecule has 0 spiro atoms. The van der Waals surface area contributed by atoms with Crippen molar-refractivity contribution in [2.24, 2.45) is 5.92 Å². The second-order valence-corrected chi connectivity index (χ2v) is 8.83. The molecule has 0 aromatic heterocycles. The average molecular weight is 384 g/mol. The molecule has 0 bridgehead atoms. The molecule has 1 aliphatic heterocycles. The number of benzene rings is 1. The van der Waals surface area contributed by atoms with Crippen LogP contribution in [0.2, 0.25) is 0 Å². The van der Waals surface area contributed by atoms with Gasteiger partial charge in [-0.2, -0.15) is 4.31 Å². The summed E-state index contributed by atoms with van der Waals surface area (Å²) in [7, 11) is -1.97. The van der Waals surface area contributed by atoms with Crippen LogP contribution in [-0.4, -0.2) is 69.9 Å². The Balaban J connectivity index is 1.84. The largest absolute Gasteiger partial charge is 0.497 e. The van der Waals surface area contributed by atoms with Crippen molar-refractivity contribution in [3.05, 3.63) is 24.3 Å². The Morgan fingerprint density at radius 3 is 2.31 bits per heavy atom. The van der Waals surface area contributed by atoms with Crippen LogP contribution in [-0.2, 0) is 14.8 Å². The molecule has 1 N–H and O–H groups in total. The van der Waals surface area contributed by atoms with E-state index in [1.54, 1.807) is 31.4 Å². The number of carbonyl (C=O) groups excluding carboxylic acids is 1. The van der Waals surface area contributed by atoms with E-state index in [-0.39, 0.29) is 10.8 Å². The van der Waals surface area contributed by atoms with Gasteiger partial charge in [0.15, 0.2) is 0 Å². The lowest BCUT2D eigenvalue weighted by molar-refractivity contribution is -0.122. The second kappa shape index (κ2) is 9.34. The lowest BCUT2D eigenvalue weighted by Crippen LogP contribution is -2.51. The molecule has 26 heavy (non-hydrogen) atoms. The number of methoxy groups -OCH3 is 1. The number of hydrogen-bond donors (Lipinski definition) is 1. The van der Waals surface area contributed by atoms with Crippen molar-refractivity contribution in [2.45, 2.75) is 25.2 Å². The first-order chi connectivity index (χ1) is 12.3. The van der Waals surface area contributed by atoms with Crippen molar-refractivity contribution < 1.29 is 17.9 Å². The molecule has 1 aliphatic rings. The van der Waals surface area contributed by atoms with Gasteiger partial charge in [0.25, 0.3) is 0 Å². The van der Waals surface area contributed by atoms with Gasteiger partial charge >= 0.3 is 0 Å². The topological polar surface area (TPSA) is 79.0 Å². The highest BCUT2D eigenvalue weighted by molar-refractivity contribution is 7.89. The quantitative estimate of drug-likeness (QED) is 0.729. The van der Waals surface area contributed by atoms with Crippen LogP contribution in [0.25, 0.3) is 0 Å². The molecule has 1 aromatic carbocycles. The van der Waals surface area contributed by atoms with Gasteiger partial charge < -0.3 is 10.1 Å². The van der Waals surface area contributed by atoms with Gasteiger partial charge in [-0.1, -0.05) is 13.8 Å². The van der Waals surface area contributed by atoms with Crippen LogP contribution in [0.4, 0.5) is 0 Å². The van der Waals surface area contributed by atoms with E-state index in [2.05, 4.69) is 19.2 Å². The first-order valence-electron chi connectivity index (χ1n) is 8.96. The summed E-state index contributed by atoms with van der Waals surface area (Å²) >= 11 is 0. The van der Waals surface area contributed by atoms with Crippen molar-refractivity contribution in [3.63, 3.8) is 0 Å². The maximum atomic E-state index is 12.7. The summed E-state index contributed by atoms with van der Waals surface area (Å²) in [6.45, 7) is 7.10. The molecule has 7 nitrogen and oxygen atoms in total. The highest BCUT2D eigenvalue weighted by atomic mass is 32.2. The number of ether oxygens (including phenoxy) is 1. The maximum absolute atomic E-state index is 12.7. The molecular weight excluding hydrogens is 354 g/mol. The fraction of sp³-hybridized carbons (Fsp3) is 0.611. The van der Waals surface area contributed by atoms with Gasteiger partial charge in [-0.3, -0.25) is 9.69 Å². The molecule has 0 atom stereocenters. The lowest BCUT2D eigenvalue weighted by Gasteiger charge is -2.33. The Morgan fingerprint density at radius 2 is 1.77 bits per heavy atom. The summed E-state index contributed by atoms with van der Waals surface area (Å²) < 4.78 is 32.0. The van der Waals surface area contributed by atoms with E-state index in [1.807, 2.05) is 4.90 Å². The molecule has 1 saturated heterocycles. The number of sulfonamides is 1. The minimum Gasteiger partial charge on any atom is -0.497 e. The fourth-order valence-corrected chi connectivity index (χ4v) is 4.21. The molecule has 0 radical (unpaired) electrons. The molecular formula is C18H29N3O4S. The molecule has 1 fully saturated rings. The van der Waals surface area contributed by atoms with E-state index in [0.717, 1.165) is 6.42 Å². The first kappa shape index (κ1) is 20.7. The highest BCUT2D eigenvalue weighted by Gasteiger charge is 2.29. The van der Waals surface area contributed by atoms with E-state index in [0.29, 0.717) is 50.9 Å². The van der Waals surface area contributed by atoms with Crippen LogP contribution in [0.15, 0.2) is 29.2 Å². The summed E-state index contributed by atoms with van der Waals surface area (Å²) in [5, 5.41) is 2.92. The third kappa shape index (κ3) is 5.69. The van der Waals surface area contributed by atoms with Gasteiger partial charge in [-0.05, 0) is 36.6 Å². The van der Waals surface area contributed by atoms with Crippen LogP contribution < -0.4 is 10.1 Å². The summed E-state index contributed by atoms with van der Waals surface area (Å²) in [4.78, 5) is 14.2. The number of carbonyl (C=O) groups is 1. The van der Waals surface area contributed by atoms with E-state index >= 15 is 0 Å². The summed E-state index contributed by atoms with van der Waals surface area (Å²) in [6, 6.07) is 6.40. The van der Waals surface area contributed by atoms with Crippen LogP contribution in [0.1, 0.15) is 20.3 Å². The normalized spacial score (nSPS) is 16.6. The van der Waals surface area contributed by atoms with E-state index in [9.17, 15) is 13.2 Å². The van der Waals surface area contributed by atoms with E-state index < -0.39 is 10.0 Å². The molecule has 0 saturated carbocycles. The Labute approximate surface area is 156 Å². The van der Waals surface area contributed by atoms with Crippen LogP contribution in [0.5, 0.6) is 5.75 Å². The SMILES string of the molecule is COc1ccc(S(=O)(=O)N2CCN(CC(=O)NCCC(C)C)CC2)cc1. The number of nitrogens with zero attached hydrogens (tertiary/aromatic N) is 2. The van der Waals surface area contributed by atoms with Crippen LogP contribution >= 0.6 is 0 Å². The highest BCUT2D eigenvalue weighted by Crippen LogP contribution is 2.20. The third-order valence-corrected chi connectivity index (χ3v) is 6.35. The van der Waals surface area contributed by atoms with E-state index in [4.69, 9.17) is 4.74 Å². The maximum Gasteiger partial charge on any atom is 0.243 e. The predicted octanol–water partition coefficient (Wildman–Crippen LogP) is 1.16. The Kier molecular flexibility index (Phi) is 7.43. The molecule has 2 rings (SSSR count). The van der Waals surface area contributed by atoms with Crippen molar-refractivity contribution >= 4 is 15.9 Å². The average Bonchev–Trinajstić information content (AvgIpc) is 2.62. The standard InChI is InChI=1S/C18H29N3O4S/c1-15(2)8-9-19-18(22)14-20-10-12-21(13-11-20)26(23,24)17-6-4-16(25-3)5-7-17/h4-7,15H,8-14H2,1-3H3,(H,19,22). The second-order valence-electron chi connectivity index (χ2n) is 6.89. The molecule has 1 aromatic rings. The number of rotatable bonds is 8. The Bertz CT molecular complexity index is 681. The summed E-state index contributed by atoms with van der Waals surface area (Å²) in [5.41, 5.74) is 0. The number of piperazine rings is 1. The molecule has 0 unspecified atom stereocenters. The van der Waals surface area contributed by atoms with Crippen LogP contribution in [0, 0.1) is 5.92 Å². The monoisotopic (exact) mass is 383 g/mol. The molecule has 0 aliphatic carbocycles. The van der Waals surface area contributed by atoms with Crippen molar-refractivity contribution in [1.82, 2.24) is 14.5 Å². The zero-order chi connectivity index (χ0) is 19.2. The Hall–Kier alpha value is -1.64. The van der Waals surface area contributed by atoms with Crippen molar-refractivity contribution in [3.8, 4) is 5.75 Å². The Morgan fingerprint density at radius 1 is 1.15 bits per heavy atom. The molecule has 1 heterocycles. The molecule has 146 valence electrons. The number of amides is 1. The zero-order valence-electron chi connectivity index (χ0n) is 15.8. The van der Waals surface area contributed by atoms with Gasteiger partial charge in [-0.25, -0.2) is 8.42 Å². The van der Waals surface area contributed by atoms with Gasteiger partial charge in [0.05, 0.1) is 18.6 Å².